The van der Waals surface area contributed by atoms with Gasteiger partial charge in [-0.1, -0.05) is 212 Å². The molecule has 0 fully saturated rings. The van der Waals surface area contributed by atoms with Crippen LogP contribution in [0.25, 0.3) is 0 Å². The molecule has 0 bridgehead atoms. The monoisotopic (exact) mass is 937 g/mol. The molecule has 0 heterocycles. The van der Waals surface area contributed by atoms with Crippen molar-refractivity contribution in [1.82, 2.24) is 0 Å². The van der Waals surface area contributed by atoms with E-state index >= 15 is 0 Å². The van der Waals surface area contributed by atoms with E-state index in [0.29, 0.717) is 25.9 Å². The molecule has 1 atom stereocenters. The highest BCUT2D eigenvalue weighted by Crippen LogP contribution is 2.12. The quantitative estimate of drug-likeness (QED) is 0.0346. The molecule has 0 N–H and O–H groups in total. The summed E-state index contributed by atoms with van der Waals surface area (Å²) in [5.74, 6) is -0.508. The van der Waals surface area contributed by atoms with Crippen LogP contribution in [0.2, 0.25) is 0 Å². The minimum atomic E-state index is -0.600. The van der Waals surface area contributed by atoms with Gasteiger partial charge in [-0.25, -0.2) is 0 Å². The normalized spacial score (nSPS) is 13.4. The van der Waals surface area contributed by atoms with Crippen LogP contribution in [0.15, 0.2) is 146 Å². The van der Waals surface area contributed by atoms with Crippen molar-refractivity contribution in [1.29, 1.82) is 0 Å². The first-order chi connectivity index (χ1) is 33.6. The molecule has 0 aromatic carbocycles. The Morgan fingerprint density at radius 2 is 0.676 bits per heavy atom. The Labute approximate surface area is 419 Å². The predicted octanol–water partition coefficient (Wildman–Crippen LogP) is 18.9. The molecular formula is C63H100O5. The summed E-state index contributed by atoms with van der Waals surface area (Å²) in [6, 6.07) is 0. The number of unbranched alkanes of at least 4 members (excludes halogenated alkanes) is 13. The average molecular weight is 937 g/mol. The van der Waals surface area contributed by atoms with Crippen LogP contribution in [0.5, 0.6) is 0 Å². The predicted molar refractivity (Wildman–Crippen MR) is 297 cm³/mol. The molecule has 5 heteroatoms. The molecule has 5 nitrogen and oxygen atoms in total. The first-order valence-electron chi connectivity index (χ1n) is 27.4. The average Bonchev–Trinajstić information content (AvgIpc) is 3.34. The number of carbonyl (C=O) groups excluding carboxylic acids is 2. The highest BCUT2D eigenvalue weighted by atomic mass is 16.6. The third kappa shape index (κ3) is 54.4. The smallest absolute Gasteiger partial charge is 0.306 e. The number of carbonyl (C=O) groups is 2. The Morgan fingerprint density at radius 1 is 0.338 bits per heavy atom. The molecule has 0 spiro atoms. The van der Waals surface area contributed by atoms with Crippen molar-refractivity contribution in [2.24, 2.45) is 0 Å². The lowest BCUT2D eigenvalue weighted by Gasteiger charge is -2.18. The van der Waals surface area contributed by atoms with Gasteiger partial charge in [-0.2, -0.15) is 0 Å². The third-order valence-electron chi connectivity index (χ3n) is 10.8. The van der Waals surface area contributed by atoms with E-state index in [0.717, 1.165) is 128 Å². The first-order valence-corrected chi connectivity index (χ1v) is 27.4. The maximum Gasteiger partial charge on any atom is 0.306 e. The number of allylic oxidation sites excluding steroid dienone is 24. The Kier molecular flexibility index (Phi) is 53.6. The Morgan fingerprint density at radius 3 is 1.10 bits per heavy atom. The van der Waals surface area contributed by atoms with E-state index in [2.05, 4.69) is 167 Å². The molecule has 0 amide bonds. The summed E-state index contributed by atoms with van der Waals surface area (Å²) in [6.45, 7) is 7.41. The molecule has 0 saturated carbocycles. The van der Waals surface area contributed by atoms with Crippen LogP contribution >= 0.6 is 0 Å². The summed E-state index contributed by atoms with van der Waals surface area (Å²) in [6.07, 6.45) is 83.0. The largest absolute Gasteiger partial charge is 0.462 e. The second-order valence-corrected chi connectivity index (χ2v) is 17.4. The van der Waals surface area contributed by atoms with Gasteiger partial charge in [0.05, 0.1) is 6.61 Å². The maximum atomic E-state index is 12.8. The summed E-state index contributed by atoms with van der Waals surface area (Å²) < 4.78 is 17.3. The maximum absolute atomic E-state index is 12.8. The SMILES string of the molecule is CC/C=C\C/C=C\C/C=C\C/C=C\C/C=C\CCCC(=O)OC(COCCCCC/C=C\C/C=C\C/C=C\C/C=C\CC)COC(=O)CCCCCCCC/C=C\C/C=C\C/C=C\CCCCC. The summed E-state index contributed by atoms with van der Waals surface area (Å²) in [4.78, 5) is 25.5. The fourth-order valence-corrected chi connectivity index (χ4v) is 6.84. The van der Waals surface area contributed by atoms with Gasteiger partial charge >= 0.3 is 11.9 Å². The van der Waals surface area contributed by atoms with Crippen molar-refractivity contribution in [3.05, 3.63) is 146 Å². The number of hydrogen-bond donors (Lipinski definition) is 0. The van der Waals surface area contributed by atoms with Crippen LogP contribution < -0.4 is 0 Å². The van der Waals surface area contributed by atoms with E-state index in [1.54, 1.807) is 0 Å². The van der Waals surface area contributed by atoms with Gasteiger partial charge in [-0.3, -0.25) is 9.59 Å². The fraction of sp³-hybridized carbons (Fsp3) is 0.587. The zero-order valence-electron chi connectivity index (χ0n) is 43.8. The first kappa shape index (κ1) is 63.8. The van der Waals surface area contributed by atoms with Crippen LogP contribution in [-0.4, -0.2) is 37.9 Å². The molecule has 0 aliphatic rings. The summed E-state index contributed by atoms with van der Waals surface area (Å²) in [5.41, 5.74) is 0. The zero-order valence-corrected chi connectivity index (χ0v) is 43.8. The van der Waals surface area contributed by atoms with E-state index in [1.165, 1.54) is 44.9 Å². The molecule has 0 aliphatic carbocycles. The van der Waals surface area contributed by atoms with Crippen LogP contribution in [0.1, 0.15) is 213 Å². The molecule has 0 aromatic heterocycles. The lowest BCUT2D eigenvalue weighted by molar-refractivity contribution is -0.162. The molecular weight excluding hydrogens is 837 g/mol. The molecule has 0 aliphatic heterocycles. The van der Waals surface area contributed by atoms with Crippen molar-refractivity contribution in [2.45, 2.75) is 219 Å². The van der Waals surface area contributed by atoms with Crippen molar-refractivity contribution in [3.8, 4) is 0 Å². The lowest BCUT2D eigenvalue weighted by atomic mass is 10.1. The van der Waals surface area contributed by atoms with E-state index in [4.69, 9.17) is 14.2 Å². The van der Waals surface area contributed by atoms with Crippen molar-refractivity contribution in [2.75, 3.05) is 19.8 Å². The van der Waals surface area contributed by atoms with Gasteiger partial charge in [0.1, 0.15) is 6.61 Å². The Hall–Kier alpha value is -4.22. The van der Waals surface area contributed by atoms with Gasteiger partial charge in [-0.05, 0) is 135 Å². The highest BCUT2D eigenvalue weighted by molar-refractivity contribution is 5.70. The van der Waals surface area contributed by atoms with Gasteiger partial charge in [0.2, 0.25) is 0 Å². The van der Waals surface area contributed by atoms with Gasteiger partial charge < -0.3 is 14.2 Å². The Bertz CT molecular complexity index is 1480. The molecule has 0 radical (unpaired) electrons. The van der Waals surface area contributed by atoms with Gasteiger partial charge in [0.15, 0.2) is 6.10 Å². The Balaban J connectivity index is 4.48. The van der Waals surface area contributed by atoms with Crippen LogP contribution in [-0.2, 0) is 23.8 Å². The minimum Gasteiger partial charge on any atom is -0.462 e. The van der Waals surface area contributed by atoms with Gasteiger partial charge in [-0.15, -0.1) is 0 Å². The highest BCUT2D eigenvalue weighted by Gasteiger charge is 2.17. The van der Waals surface area contributed by atoms with Crippen LogP contribution in [0.3, 0.4) is 0 Å². The number of rotatable bonds is 48. The summed E-state index contributed by atoms with van der Waals surface area (Å²) in [7, 11) is 0. The molecule has 1 unspecified atom stereocenters. The number of hydrogen-bond acceptors (Lipinski definition) is 5. The van der Waals surface area contributed by atoms with Crippen LogP contribution in [0, 0.1) is 0 Å². The summed E-state index contributed by atoms with van der Waals surface area (Å²) in [5, 5.41) is 0. The molecule has 0 saturated heterocycles. The van der Waals surface area contributed by atoms with E-state index in [1.807, 2.05) is 0 Å². The molecule has 382 valence electrons. The minimum absolute atomic E-state index is 0.0324. The zero-order chi connectivity index (χ0) is 49.2. The summed E-state index contributed by atoms with van der Waals surface area (Å²) >= 11 is 0. The lowest BCUT2D eigenvalue weighted by Crippen LogP contribution is -2.30. The van der Waals surface area contributed by atoms with E-state index < -0.39 is 6.10 Å². The van der Waals surface area contributed by atoms with Gasteiger partial charge in [0.25, 0.3) is 0 Å². The fourth-order valence-electron chi connectivity index (χ4n) is 6.84. The second kappa shape index (κ2) is 57.1. The second-order valence-electron chi connectivity index (χ2n) is 17.4. The molecule has 68 heavy (non-hydrogen) atoms. The molecule has 0 rings (SSSR count). The van der Waals surface area contributed by atoms with E-state index in [9.17, 15) is 9.59 Å². The van der Waals surface area contributed by atoms with Crippen molar-refractivity contribution in [3.63, 3.8) is 0 Å². The molecule has 0 aromatic rings. The van der Waals surface area contributed by atoms with Crippen molar-refractivity contribution >= 4 is 11.9 Å². The number of ether oxygens (including phenoxy) is 3. The van der Waals surface area contributed by atoms with Crippen LogP contribution in [0.4, 0.5) is 0 Å². The van der Waals surface area contributed by atoms with Gasteiger partial charge in [0, 0.05) is 19.4 Å². The third-order valence-corrected chi connectivity index (χ3v) is 10.8. The van der Waals surface area contributed by atoms with Crippen molar-refractivity contribution < 1.29 is 23.8 Å². The topological polar surface area (TPSA) is 61.8 Å². The van der Waals surface area contributed by atoms with E-state index in [-0.39, 0.29) is 25.2 Å². The standard InChI is InChI=1S/C63H100O5/c1-4-7-10-13-16-19-22-25-28-31-32-34-35-38-41-44-47-50-53-56-62(64)67-60-61(59-66-58-55-52-49-46-43-40-37-30-27-24-21-18-15-12-9-6-3)68-63(65)57-54-51-48-45-42-39-36-33-29-26-23-20-17-14-11-8-5-2/h8-9,11-12,16-21,25-30,32,34,36,39-40,43,45,48,61H,4-7,10,13-15,22-24,31,33,35,37-38,41-42,44,46-47,49-60H2,1-3H3/b11-8-,12-9-,19-16-,20-17-,21-18-,28-25-,29-26-,30-27-,34-32-,39-36-,43-40-,48-45-. The number of esters is 2.